The van der Waals surface area contributed by atoms with Crippen molar-refractivity contribution in [1.29, 1.82) is 0 Å². The van der Waals surface area contributed by atoms with Crippen molar-refractivity contribution >= 4 is 6.01 Å². The number of nitrogen functional groups attached to an aromatic ring is 1. The quantitative estimate of drug-likeness (QED) is 0.615. The minimum atomic E-state index is -0.104. The molecule has 0 saturated carbocycles. The van der Waals surface area contributed by atoms with E-state index in [0.29, 0.717) is 5.76 Å². The van der Waals surface area contributed by atoms with E-state index in [9.17, 15) is 0 Å². The number of hydrogen-bond donors (Lipinski definition) is 2. The summed E-state index contributed by atoms with van der Waals surface area (Å²) >= 11 is 0. The summed E-state index contributed by atoms with van der Waals surface area (Å²) in [6.07, 6.45) is 0. The summed E-state index contributed by atoms with van der Waals surface area (Å²) in [6.45, 7) is 3.78. The zero-order chi connectivity index (χ0) is 7.72. The number of hydrogen-bond acceptors (Lipinski definition) is 4. The minimum absolute atomic E-state index is 0.0150. The van der Waals surface area contributed by atoms with Crippen molar-refractivity contribution in [2.75, 3.05) is 5.73 Å². The molecule has 0 atom stereocenters. The summed E-state index contributed by atoms with van der Waals surface area (Å²) in [5.74, 6) is 0.454. The molecular weight excluding hydrogens is 132 g/mol. The normalized spacial score (nSPS) is 10.7. The summed E-state index contributed by atoms with van der Waals surface area (Å²) in [6, 6.07) is 0.0150. The highest BCUT2D eigenvalue weighted by molar-refractivity contribution is 5.25. The van der Waals surface area contributed by atoms with Crippen molar-refractivity contribution in [3.8, 4) is 5.88 Å². The van der Waals surface area contributed by atoms with E-state index in [4.69, 9.17) is 15.3 Å². The lowest BCUT2D eigenvalue weighted by Crippen LogP contribution is -1.82. The molecule has 4 heteroatoms. The smallest absolute Gasteiger partial charge is 0.295 e. The average Bonchev–Trinajstić information content (AvgIpc) is 2.10. The van der Waals surface area contributed by atoms with E-state index < -0.39 is 0 Å². The van der Waals surface area contributed by atoms with Gasteiger partial charge in [-0.3, -0.25) is 0 Å². The summed E-state index contributed by atoms with van der Waals surface area (Å²) in [4.78, 5) is 3.50. The average molecular weight is 142 g/mol. The fourth-order valence-electron chi connectivity index (χ4n) is 0.717. The van der Waals surface area contributed by atoms with Crippen LogP contribution in [0.5, 0.6) is 5.88 Å². The first-order valence-corrected chi connectivity index (χ1v) is 3.06. The maximum Gasteiger partial charge on any atom is 0.295 e. The molecule has 0 aliphatic rings. The lowest BCUT2D eigenvalue weighted by Gasteiger charge is -1.96. The molecule has 0 radical (unpaired) electrons. The third-order valence-electron chi connectivity index (χ3n) is 1.18. The number of rotatable bonds is 1. The standard InChI is InChI=1S/C6H10N2O2/c1-3(2)4-5(9)8-6(7)10-4/h3,9H,1-2H3,(H2,7,8). The Morgan fingerprint density at radius 1 is 1.60 bits per heavy atom. The fraction of sp³-hybridized carbons (Fsp3) is 0.500. The molecule has 56 valence electrons. The van der Waals surface area contributed by atoms with Crippen LogP contribution in [-0.2, 0) is 0 Å². The summed E-state index contributed by atoms with van der Waals surface area (Å²) in [7, 11) is 0. The van der Waals surface area contributed by atoms with Crippen molar-refractivity contribution in [2.45, 2.75) is 19.8 Å². The van der Waals surface area contributed by atoms with Crippen LogP contribution in [0.4, 0.5) is 6.01 Å². The molecule has 0 fully saturated rings. The number of nitrogens with two attached hydrogens (primary N) is 1. The molecule has 0 aliphatic carbocycles. The van der Waals surface area contributed by atoms with Crippen molar-refractivity contribution in [1.82, 2.24) is 4.98 Å². The Kier molecular flexibility index (Phi) is 1.53. The largest absolute Gasteiger partial charge is 0.491 e. The van der Waals surface area contributed by atoms with Crippen LogP contribution in [0.2, 0.25) is 0 Å². The van der Waals surface area contributed by atoms with Gasteiger partial charge in [-0.1, -0.05) is 13.8 Å². The lowest BCUT2D eigenvalue weighted by molar-refractivity contribution is 0.417. The van der Waals surface area contributed by atoms with Gasteiger partial charge in [0.05, 0.1) is 0 Å². The highest BCUT2D eigenvalue weighted by atomic mass is 16.4. The van der Waals surface area contributed by atoms with Gasteiger partial charge in [-0.15, -0.1) is 0 Å². The van der Waals surface area contributed by atoms with E-state index in [-0.39, 0.29) is 17.8 Å². The van der Waals surface area contributed by atoms with Gasteiger partial charge in [-0.25, -0.2) is 0 Å². The molecule has 0 saturated heterocycles. The Morgan fingerprint density at radius 2 is 2.20 bits per heavy atom. The van der Waals surface area contributed by atoms with E-state index in [1.165, 1.54) is 0 Å². The molecule has 0 unspecified atom stereocenters. The van der Waals surface area contributed by atoms with Crippen LogP contribution in [0.25, 0.3) is 0 Å². The predicted molar refractivity (Wildman–Crippen MR) is 36.7 cm³/mol. The molecule has 0 amide bonds. The third-order valence-corrected chi connectivity index (χ3v) is 1.18. The summed E-state index contributed by atoms with van der Waals surface area (Å²) < 4.78 is 4.89. The predicted octanol–water partition coefficient (Wildman–Crippen LogP) is 1.09. The second-order valence-corrected chi connectivity index (χ2v) is 2.39. The Bertz CT molecular complexity index is 230. The van der Waals surface area contributed by atoms with Crippen molar-refractivity contribution in [2.24, 2.45) is 0 Å². The molecule has 1 aromatic rings. The second-order valence-electron chi connectivity index (χ2n) is 2.39. The Morgan fingerprint density at radius 3 is 2.40 bits per heavy atom. The number of aromatic hydroxyl groups is 1. The first-order chi connectivity index (χ1) is 4.61. The van der Waals surface area contributed by atoms with Gasteiger partial charge in [-0.05, 0) is 0 Å². The summed E-state index contributed by atoms with van der Waals surface area (Å²) in [5.41, 5.74) is 5.18. The van der Waals surface area contributed by atoms with E-state index in [2.05, 4.69) is 4.98 Å². The van der Waals surface area contributed by atoms with E-state index in [1.807, 2.05) is 13.8 Å². The van der Waals surface area contributed by atoms with Crippen molar-refractivity contribution < 1.29 is 9.52 Å². The van der Waals surface area contributed by atoms with Gasteiger partial charge in [0, 0.05) is 5.92 Å². The zero-order valence-corrected chi connectivity index (χ0v) is 5.96. The van der Waals surface area contributed by atoms with Crippen molar-refractivity contribution in [3.63, 3.8) is 0 Å². The van der Waals surface area contributed by atoms with Crippen LogP contribution < -0.4 is 5.73 Å². The first-order valence-electron chi connectivity index (χ1n) is 3.06. The second kappa shape index (κ2) is 2.21. The SMILES string of the molecule is CC(C)c1oc(N)nc1O. The first kappa shape index (κ1) is 6.92. The third kappa shape index (κ3) is 1.05. The van der Waals surface area contributed by atoms with Crippen LogP contribution in [0.15, 0.2) is 4.42 Å². The van der Waals surface area contributed by atoms with E-state index >= 15 is 0 Å². The number of nitrogens with zero attached hydrogens (tertiary/aromatic N) is 1. The van der Waals surface area contributed by atoms with Gasteiger partial charge in [-0.2, -0.15) is 4.98 Å². The Hall–Kier alpha value is -1.19. The van der Waals surface area contributed by atoms with E-state index in [1.54, 1.807) is 0 Å². The van der Waals surface area contributed by atoms with Gasteiger partial charge >= 0.3 is 0 Å². The van der Waals surface area contributed by atoms with Gasteiger partial charge < -0.3 is 15.3 Å². The van der Waals surface area contributed by atoms with Gasteiger partial charge in [0.2, 0.25) is 0 Å². The Balaban J connectivity index is 3.03. The lowest BCUT2D eigenvalue weighted by atomic mass is 10.2. The maximum absolute atomic E-state index is 9.02. The van der Waals surface area contributed by atoms with Crippen LogP contribution in [0.3, 0.4) is 0 Å². The topological polar surface area (TPSA) is 72.3 Å². The molecule has 0 aromatic carbocycles. The van der Waals surface area contributed by atoms with Crippen LogP contribution in [0.1, 0.15) is 25.5 Å². The molecule has 1 aromatic heterocycles. The zero-order valence-electron chi connectivity index (χ0n) is 5.96. The number of anilines is 1. The molecule has 0 bridgehead atoms. The van der Waals surface area contributed by atoms with Crippen LogP contribution in [0, 0.1) is 0 Å². The molecule has 1 heterocycles. The summed E-state index contributed by atoms with van der Waals surface area (Å²) in [5, 5.41) is 9.02. The molecular formula is C6H10N2O2. The maximum atomic E-state index is 9.02. The molecule has 3 N–H and O–H groups in total. The minimum Gasteiger partial charge on any atom is -0.491 e. The fourth-order valence-corrected chi connectivity index (χ4v) is 0.717. The van der Waals surface area contributed by atoms with Crippen molar-refractivity contribution in [3.05, 3.63) is 5.76 Å². The van der Waals surface area contributed by atoms with E-state index in [0.717, 1.165) is 0 Å². The van der Waals surface area contributed by atoms with Gasteiger partial charge in [0.15, 0.2) is 5.76 Å². The highest BCUT2D eigenvalue weighted by Crippen LogP contribution is 2.26. The number of oxazole rings is 1. The van der Waals surface area contributed by atoms with Crippen LogP contribution in [-0.4, -0.2) is 10.1 Å². The van der Waals surface area contributed by atoms with Gasteiger partial charge in [0.1, 0.15) is 0 Å². The molecule has 0 spiro atoms. The number of aromatic nitrogens is 1. The molecule has 1 rings (SSSR count). The molecule has 10 heavy (non-hydrogen) atoms. The van der Waals surface area contributed by atoms with Gasteiger partial charge in [0.25, 0.3) is 11.9 Å². The monoisotopic (exact) mass is 142 g/mol. The molecule has 0 aliphatic heterocycles. The highest BCUT2D eigenvalue weighted by Gasteiger charge is 2.12. The Labute approximate surface area is 58.7 Å². The van der Waals surface area contributed by atoms with Crippen LogP contribution >= 0.6 is 0 Å². The molecule has 4 nitrogen and oxygen atoms in total.